The molecule has 4 nitrogen and oxygen atoms in total. The highest BCUT2D eigenvalue weighted by Crippen LogP contribution is 2.36. The number of hydrogen-bond donors (Lipinski definition) is 1. The Bertz CT molecular complexity index is 409. The van der Waals surface area contributed by atoms with Crippen molar-refractivity contribution in [3.63, 3.8) is 0 Å². The third kappa shape index (κ3) is 2.96. The van der Waals surface area contributed by atoms with Gasteiger partial charge in [-0.1, -0.05) is 0 Å². The van der Waals surface area contributed by atoms with Crippen LogP contribution < -0.4 is 5.32 Å². The molecule has 1 aromatic heterocycles. The molecule has 1 aromatic rings. The fourth-order valence-electron chi connectivity index (χ4n) is 3.47. The van der Waals surface area contributed by atoms with E-state index in [1.165, 1.54) is 44.7 Å². The van der Waals surface area contributed by atoms with Crippen LogP contribution in [0.15, 0.2) is 12.3 Å². The first kappa shape index (κ1) is 14.8. The van der Waals surface area contributed by atoms with E-state index in [4.69, 9.17) is 0 Å². The SMILES string of the molecule is CC(C)n1nccc1CN1CCC2(CCNC2)C1.Cl. The molecule has 0 radical (unpaired) electrons. The van der Waals surface area contributed by atoms with E-state index >= 15 is 0 Å². The van der Waals surface area contributed by atoms with Crippen LogP contribution in [0.4, 0.5) is 0 Å². The molecule has 0 saturated carbocycles. The van der Waals surface area contributed by atoms with Gasteiger partial charge < -0.3 is 5.32 Å². The quantitative estimate of drug-likeness (QED) is 0.922. The van der Waals surface area contributed by atoms with Crippen molar-refractivity contribution < 1.29 is 0 Å². The normalized spacial score (nSPS) is 27.3. The van der Waals surface area contributed by atoms with Crippen LogP contribution in [-0.4, -0.2) is 40.9 Å². The summed E-state index contributed by atoms with van der Waals surface area (Å²) >= 11 is 0. The van der Waals surface area contributed by atoms with Crippen molar-refractivity contribution in [2.75, 3.05) is 26.2 Å². The van der Waals surface area contributed by atoms with Crippen LogP contribution >= 0.6 is 12.4 Å². The minimum Gasteiger partial charge on any atom is -0.316 e. The van der Waals surface area contributed by atoms with E-state index in [1.807, 2.05) is 6.20 Å². The number of nitrogens with zero attached hydrogens (tertiary/aromatic N) is 3. The second kappa shape index (κ2) is 5.81. The van der Waals surface area contributed by atoms with Gasteiger partial charge in [-0.2, -0.15) is 5.10 Å². The Morgan fingerprint density at radius 2 is 2.26 bits per heavy atom. The number of aromatic nitrogens is 2. The lowest BCUT2D eigenvalue weighted by molar-refractivity contribution is 0.260. The summed E-state index contributed by atoms with van der Waals surface area (Å²) in [4.78, 5) is 2.60. The van der Waals surface area contributed by atoms with Crippen molar-refractivity contribution in [3.8, 4) is 0 Å². The minimum absolute atomic E-state index is 0. The molecule has 2 fully saturated rings. The van der Waals surface area contributed by atoms with Gasteiger partial charge in [0.1, 0.15) is 0 Å². The first-order valence-electron chi connectivity index (χ1n) is 7.14. The number of hydrogen-bond acceptors (Lipinski definition) is 3. The first-order valence-corrected chi connectivity index (χ1v) is 7.14. The molecule has 1 N–H and O–H groups in total. The Morgan fingerprint density at radius 1 is 1.42 bits per heavy atom. The standard InChI is InChI=1S/C14H24N4.ClH/c1-12(2)18-13(3-6-16-18)9-17-8-5-14(11-17)4-7-15-10-14;/h3,6,12,15H,4-5,7-11H2,1-2H3;1H. The van der Waals surface area contributed by atoms with Crippen LogP contribution in [0.5, 0.6) is 0 Å². The van der Waals surface area contributed by atoms with Crippen molar-refractivity contribution in [2.45, 2.75) is 39.3 Å². The van der Waals surface area contributed by atoms with E-state index in [-0.39, 0.29) is 12.4 Å². The van der Waals surface area contributed by atoms with Gasteiger partial charge in [-0.15, -0.1) is 12.4 Å². The van der Waals surface area contributed by atoms with E-state index < -0.39 is 0 Å². The Morgan fingerprint density at radius 3 is 2.95 bits per heavy atom. The molecule has 1 unspecified atom stereocenters. The van der Waals surface area contributed by atoms with Crippen LogP contribution in [0.25, 0.3) is 0 Å². The van der Waals surface area contributed by atoms with Crippen molar-refractivity contribution in [3.05, 3.63) is 18.0 Å². The molecule has 0 amide bonds. The van der Waals surface area contributed by atoms with Gasteiger partial charge in [0.25, 0.3) is 0 Å². The summed E-state index contributed by atoms with van der Waals surface area (Å²) < 4.78 is 2.15. The zero-order valence-electron chi connectivity index (χ0n) is 11.9. The largest absolute Gasteiger partial charge is 0.316 e. The topological polar surface area (TPSA) is 33.1 Å². The molecular formula is C14H25ClN4. The van der Waals surface area contributed by atoms with Crippen molar-refractivity contribution >= 4 is 12.4 Å². The summed E-state index contributed by atoms with van der Waals surface area (Å²) in [6.45, 7) is 10.4. The highest BCUT2D eigenvalue weighted by atomic mass is 35.5. The lowest BCUT2D eigenvalue weighted by atomic mass is 9.87. The maximum Gasteiger partial charge on any atom is 0.0527 e. The predicted molar refractivity (Wildman–Crippen MR) is 79.7 cm³/mol. The Hall–Kier alpha value is -0.580. The molecule has 2 aliphatic heterocycles. The molecule has 1 spiro atoms. The molecule has 5 heteroatoms. The third-order valence-electron chi connectivity index (χ3n) is 4.48. The average molecular weight is 285 g/mol. The molecule has 0 aromatic carbocycles. The highest BCUT2D eigenvalue weighted by molar-refractivity contribution is 5.85. The molecule has 0 aliphatic carbocycles. The van der Waals surface area contributed by atoms with E-state index in [9.17, 15) is 0 Å². The van der Waals surface area contributed by atoms with Crippen molar-refractivity contribution in [2.24, 2.45) is 5.41 Å². The monoisotopic (exact) mass is 284 g/mol. The van der Waals surface area contributed by atoms with Crippen LogP contribution in [-0.2, 0) is 6.54 Å². The molecule has 2 saturated heterocycles. The molecule has 1 atom stereocenters. The molecule has 3 rings (SSSR count). The zero-order valence-corrected chi connectivity index (χ0v) is 12.7. The summed E-state index contributed by atoms with van der Waals surface area (Å²) in [6.07, 6.45) is 4.64. The van der Waals surface area contributed by atoms with Crippen LogP contribution in [0.2, 0.25) is 0 Å². The number of rotatable bonds is 3. The van der Waals surface area contributed by atoms with E-state index in [0.29, 0.717) is 11.5 Å². The van der Waals surface area contributed by atoms with E-state index in [2.05, 4.69) is 39.9 Å². The summed E-state index contributed by atoms with van der Waals surface area (Å²) in [6, 6.07) is 2.62. The number of nitrogens with one attached hydrogen (secondary N) is 1. The Kier molecular flexibility index (Phi) is 4.54. The number of likely N-dealkylation sites (tertiary alicyclic amines) is 1. The lowest BCUT2D eigenvalue weighted by Gasteiger charge is -2.23. The van der Waals surface area contributed by atoms with Gasteiger partial charge in [-0.3, -0.25) is 9.58 Å². The van der Waals surface area contributed by atoms with Crippen molar-refractivity contribution in [1.82, 2.24) is 20.0 Å². The molecule has 19 heavy (non-hydrogen) atoms. The molecule has 108 valence electrons. The Balaban J connectivity index is 0.00000133. The summed E-state index contributed by atoms with van der Waals surface area (Å²) in [5.41, 5.74) is 1.93. The minimum atomic E-state index is 0. The van der Waals surface area contributed by atoms with E-state index in [0.717, 1.165) is 6.54 Å². The summed E-state index contributed by atoms with van der Waals surface area (Å²) in [5.74, 6) is 0. The van der Waals surface area contributed by atoms with Gasteiger partial charge in [-0.05, 0) is 51.3 Å². The van der Waals surface area contributed by atoms with Gasteiger partial charge in [0.2, 0.25) is 0 Å². The Labute approximate surface area is 122 Å². The molecule has 3 heterocycles. The van der Waals surface area contributed by atoms with Gasteiger partial charge in [0, 0.05) is 31.9 Å². The fourth-order valence-corrected chi connectivity index (χ4v) is 3.47. The second-order valence-corrected chi connectivity index (χ2v) is 6.25. The highest BCUT2D eigenvalue weighted by Gasteiger charge is 2.40. The molecule has 2 aliphatic rings. The zero-order chi connectivity index (χ0) is 12.6. The van der Waals surface area contributed by atoms with Gasteiger partial charge >= 0.3 is 0 Å². The lowest BCUT2D eigenvalue weighted by Crippen LogP contribution is -2.29. The van der Waals surface area contributed by atoms with E-state index in [1.54, 1.807) is 0 Å². The third-order valence-corrected chi connectivity index (χ3v) is 4.48. The van der Waals surface area contributed by atoms with Gasteiger partial charge in [-0.25, -0.2) is 0 Å². The van der Waals surface area contributed by atoms with Gasteiger partial charge in [0.05, 0.1) is 5.69 Å². The van der Waals surface area contributed by atoms with Crippen molar-refractivity contribution in [1.29, 1.82) is 0 Å². The van der Waals surface area contributed by atoms with Crippen LogP contribution in [0.1, 0.15) is 38.4 Å². The summed E-state index contributed by atoms with van der Waals surface area (Å²) in [5, 5.41) is 7.94. The smallest absolute Gasteiger partial charge is 0.0527 e. The predicted octanol–water partition coefficient (Wildman–Crippen LogP) is 2.07. The first-order chi connectivity index (χ1) is 8.69. The fraction of sp³-hybridized carbons (Fsp3) is 0.786. The second-order valence-electron chi connectivity index (χ2n) is 6.25. The average Bonchev–Trinajstić information content (AvgIpc) is 3.03. The maximum atomic E-state index is 4.42. The number of halogens is 1. The van der Waals surface area contributed by atoms with Crippen LogP contribution in [0.3, 0.4) is 0 Å². The maximum absolute atomic E-state index is 4.42. The summed E-state index contributed by atoms with van der Waals surface area (Å²) in [7, 11) is 0. The van der Waals surface area contributed by atoms with Gasteiger partial charge in [0.15, 0.2) is 0 Å². The van der Waals surface area contributed by atoms with Crippen LogP contribution in [0, 0.1) is 5.41 Å². The molecule has 0 bridgehead atoms. The molecular weight excluding hydrogens is 260 g/mol.